The van der Waals surface area contributed by atoms with Crippen LogP contribution in [0.25, 0.3) is 0 Å². The van der Waals surface area contributed by atoms with Crippen molar-refractivity contribution in [2.75, 3.05) is 42.6 Å². The molecule has 4 aliphatic heterocycles. The van der Waals surface area contributed by atoms with Crippen LogP contribution in [0, 0.1) is 17.8 Å². The molecule has 210 valence electrons. The fourth-order valence-electron chi connectivity index (χ4n) is 6.79. The lowest BCUT2D eigenvalue weighted by atomic mass is 9.78. The summed E-state index contributed by atoms with van der Waals surface area (Å²) in [6.07, 6.45) is 6.99. The molecule has 5 rings (SSSR count). The first-order valence-corrected chi connectivity index (χ1v) is 14.1. The van der Waals surface area contributed by atoms with E-state index in [1.807, 2.05) is 50.3 Å². The number of carbonyl (C=O) groups excluding carboxylic acids is 3. The van der Waals surface area contributed by atoms with Gasteiger partial charge in [-0.25, -0.2) is 0 Å². The van der Waals surface area contributed by atoms with Gasteiger partial charge in [0.25, 0.3) is 5.91 Å². The fraction of sp³-hybridized carbons (Fsp3) is 0.567. The monoisotopic (exact) mass is 537 g/mol. The number of fused-ring (bicyclic) bond motifs is 2. The van der Waals surface area contributed by atoms with E-state index < -0.39 is 41.6 Å². The van der Waals surface area contributed by atoms with Crippen molar-refractivity contribution in [2.45, 2.75) is 57.9 Å². The maximum atomic E-state index is 14.5. The molecular formula is C30H39N3O6. The number of cyclic esters (lactones) is 1. The Hall–Kier alpha value is -3.17. The van der Waals surface area contributed by atoms with Crippen molar-refractivity contribution in [3.05, 3.63) is 48.6 Å². The van der Waals surface area contributed by atoms with Crippen LogP contribution in [0.4, 0.5) is 11.4 Å². The number of ether oxygens (including phenoxy) is 2. The van der Waals surface area contributed by atoms with E-state index in [-0.39, 0.29) is 30.9 Å². The smallest absolute Gasteiger partial charge is 0.313 e. The molecule has 6 atom stereocenters. The first-order valence-electron chi connectivity index (χ1n) is 14.1. The van der Waals surface area contributed by atoms with Crippen LogP contribution in [0.2, 0.25) is 0 Å². The highest BCUT2D eigenvalue weighted by molar-refractivity contribution is 6.05. The van der Waals surface area contributed by atoms with E-state index in [1.165, 1.54) is 4.90 Å². The Kier molecular flexibility index (Phi) is 7.57. The molecule has 0 aliphatic carbocycles. The number of hydrogen-bond acceptors (Lipinski definition) is 7. The Morgan fingerprint density at radius 2 is 1.79 bits per heavy atom. The van der Waals surface area contributed by atoms with Gasteiger partial charge in [-0.1, -0.05) is 32.1 Å². The topological polar surface area (TPSA) is 99.6 Å². The van der Waals surface area contributed by atoms with Crippen molar-refractivity contribution in [3.63, 3.8) is 0 Å². The van der Waals surface area contributed by atoms with E-state index in [2.05, 4.69) is 18.7 Å². The average molecular weight is 538 g/mol. The first kappa shape index (κ1) is 27.4. The van der Waals surface area contributed by atoms with Crippen LogP contribution < -0.4 is 9.80 Å². The Morgan fingerprint density at radius 1 is 1.08 bits per heavy atom. The molecule has 0 bridgehead atoms. The number of anilines is 2. The lowest BCUT2D eigenvalue weighted by Crippen LogP contribution is -2.58. The van der Waals surface area contributed by atoms with Gasteiger partial charge < -0.3 is 29.3 Å². The van der Waals surface area contributed by atoms with Crippen molar-refractivity contribution >= 4 is 29.2 Å². The number of rotatable bonds is 8. The minimum Gasteiger partial charge on any atom is -0.461 e. The number of likely N-dealkylation sites (tertiary alicyclic amines) is 1. The molecule has 2 fully saturated rings. The van der Waals surface area contributed by atoms with Gasteiger partial charge >= 0.3 is 5.97 Å². The second kappa shape index (κ2) is 10.8. The number of aliphatic hydroxyl groups excluding tert-OH is 1. The van der Waals surface area contributed by atoms with Gasteiger partial charge in [-0.3, -0.25) is 14.4 Å². The second-order valence-electron chi connectivity index (χ2n) is 11.2. The van der Waals surface area contributed by atoms with E-state index in [1.54, 1.807) is 17.1 Å². The molecule has 9 nitrogen and oxygen atoms in total. The molecule has 39 heavy (non-hydrogen) atoms. The first-order chi connectivity index (χ1) is 18.8. The van der Waals surface area contributed by atoms with E-state index in [0.717, 1.165) is 18.8 Å². The van der Waals surface area contributed by atoms with Crippen molar-refractivity contribution in [3.8, 4) is 0 Å². The second-order valence-corrected chi connectivity index (χ2v) is 11.2. The molecule has 1 aromatic carbocycles. The third kappa shape index (κ3) is 4.45. The summed E-state index contributed by atoms with van der Waals surface area (Å²) < 4.78 is 12.0. The van der Waals surface area contributed by atoms with Gasteiger partial charge in [0.05, 0.1) is 24.7 Å². The third-order valence-corrected chi connectivity index (χ3v) is 8.49. The van der Waals surface area contributed by atoms with E-state index >= 15 is 0 Å². The van der Waals surface area contributed by atoms with Crippen LogP contribution in [-0.2, 0) is 23.9 Å². The molecule has 1 spiro atoms. The van der Waals surface area contributed by atoms with Gasteiger partial charge in [0.15, 0.2) is 0 Å². The van der Waals surface area contributed by atoms with Gasteiger partial charge in [-0.15, -0.1) is 0 Å². The fourth-order valence-corrected chi connectivity index (χ4v) is 6.79. The maximum absolute atomic E-state index is 14.5. The number of carbonyl (C=O) groups is 3. The number of benzene rings is 1. The molecule has 9 heteroatoms. The molecular weight excluding hydrogens is 498 g/mol. The normalized spacial score (nSPS) is 30.6. The summed E-state index contributed by atoms with van der Waals surface area (Å²) in [5.41, 5.74) is 0.437. The van der Waals surface area contributed by atoms with Gasteiger partial charge in [0, 0.05) is 31.0 Å². The number of nitrogens with zero attached hydrogens (tertiary/aromatic N) is 3. The number of amides is 2. The van der Waals surface area contributed by atoms with E-state index in [4.69, 9.17) is 9.47 Å². The summed E-state index contributed by atoms with van der Waals surface area (Å²) in [5.74, 6) is -2.75. The predicted octanol–water partition coefficient (Wildman–Crippen LogP) is 2.54. The molecule has 0 aromatic heterocycles. The van der Waals surface area contributed by atoms with Crippen LogP contribution in [0.3, 0.4) is 0 Å². The van der Waals surface area contributed by atoms with Gasteiger partial charge in [-0.2, -0.15) is 0 Å². The van der Waals surface area contributed by atoms with Crippen LogP contribution in [0.15, 0.2) is 48.6 Å². The van der Waals surface area contributed by atoms with Gasteiger partial charge in [0.1, 0.15) is 24.2 Å². The average Bonchev–Trinajstić information content (AvgIpc) is 3.23. The zero-order valence-electron chi connectivity index (χ0n) is 23.2. The zero-order valence-corrected chi connectivity index (χ0v) is 23.2. The lowest BCUT2D eigenvalue weighted by Gasteiger charge is -2.39. The standard InChI is InChI=1S/C30H39N3O6/c1-5-31(6-2)20-10-12-21(13-11-20)32-15-8-14-30-25(24-23(39-30)9-7-16-38-29(24)37)27(35)33(26(30)28(32)36)22(18-34)17-19(3)4/h7-14,19,22-26,34H,5-6,15-18H2,1-4H3/t22-,23+,24-,25+,26?,30+/m1/s1. The van der Waals surface area contributed by atoms with Crippen molar-refractivity contribution in [1.29, 1.82) is 0 Å². The highest BCUT2D eigenvalue weighted by Crippen LogP contribution is 2.54. The lowest BCUT2D eigenvalue weighted by molar-refractivity contribution is -0.153. The largest absolute Gasteiger partial charge is 0.461 e. The van der Waals surface area contributed by atoms with Crippen molar-refractivity contribution < 1.29 is 29.0 Å². The highest BCUT2D eigenvalue weighted by Gasteiger charge is 2.72. The van der Waals surface area contributed by atoms with Crippen LogP contribution in [-0.4, -0.2) is 84.4 Å². The number of esters is 1. The van der Waals surface area contributed by atoms with E-state index in [9.17, 15) is 19.5 Å². The summed E-state index contributed by atoms with van der Waals surface area (Å²) in [6.45, 7) is 10.1. The molecule has 4 aliphatic rings. The molecule has 1 aromatic rings. The number of hydrogen-bond donors (Lipinski definition) is 1. The Balaban J connectivity index is 1.58. The Bertz CT molecular complexity index is 1160. The predicted molar refractivity (Wildman–Crippen MR) is 147 cm³/mol. The molecule has 0 radical (unpaired) electrons. The summed E-state index contributed by atoms with van der Waals surface area (Å²) in [4.78, 5) is 47.2. The minimum atomic E-state index is -1.34. The zero-order chi connectivity index (χ0) is 27.9. The van der Waals surface area contributed by atoms with Crippen molar-refractivity contribution in [2.24, 2.45) is 17.8 Å². The highest BCUT2D eigenvalue weighted by atomic mass is 16.6. The molecule has 4 heterocycles. The summed E-state index contributed by atoms with van der Waals surface area (Å²) >= 11 is 0. The van der Waals surface area contributed by atoms with E-state index in [0.29, 0.717) is 18.7 Å². The molecule has 2 saturated heterocycles. The van der Waals surface area contributed by atoms with Gasteiger partial charge in [0.2, 0.25) is 5.91 Å². The van der Waals surface area contributed by atoms with Crippen LogP contribution >= 0.6 is 0 Å². The third-order valence-electron chi connectivity index (χ3n) is 8.49. The molecule has 0 saturated carbocycles. The summed E-state index contributed by atoms with van der Waals surface area (Å²) in [7, 11) is 0. The Morgan fingerprint density at radius 3 is 2.44 bits per heavy atom. The quantitative estimate of drug-likeness (QED) is 0.402. The molecule has 2 amide bonds. The summed E-state index contributed by atoms with van der Waals surface area (Å²) in [6, 6.07) is 6.23. The molecule has 1 N–H and O–H groups in total. The minimum absolute atomic E-state index is 0.120. The van der Waals surface area contributed by atoms with Crippen LogP contribution in [0.1, 0.15) is 34.1 Å². The SMILES string of the molecule is CCN(CC)c1ccc(N2CC=C[C@]34O[C@H]5C=CCOC(=O)[C@H]5[C@H]3C(=O)N([C@@H](CO)CC(C)C)C4C2=O)cc1. The van der Waals surface area contributed by atoms with Crippen molar-refractivity contribution in [1.82, 2.24) is 4.90 Å². The van der Waals surface area contributed by atoms with Crippen LogP contribution in [0.5, 0.6) is 0 Å². The van der Waals surface area contributed by atoms with Gasteiger partial charge in [-0.05, 0) is 56.5 Å². The maximum Gasteiger partial charge on any atom is 0.313 e. The molecule has 1 unspecified atom stereocenters. The Labute approximate surface area is 230 Å². The number of aliphatic hydroxyl groups is 1. The summed E-state index contributed by atoms with van der Waals surface area (Å²) in [5, 5.41) is 10.4.